The van der Waals surface area contributed by atoms with Gasteiger partial charge in [-0.2, -0.15) is 0 Å². The molecule has 16 rings (SSSR count). The molecule has 0 saturated carbocycles. The molecule has 0 aromatic heterocycles. The standard InChI is InChI=1S/C89H73BN2/c1-87(2,3)68-37-25-36-62(51-68)64-47-49-78-80(55-64)91(69-52-65(59-30-15-10-16-31-59)50-66(53-69)60-32-17-11-18-33-60)82-56-67(70-40-27-45-77-84(70)74-39-22-24-44-76(74)89(77,7)8)57-83-85(82)90(78)79-48-46-63(58-28-13-9-14-29-58)54-81(79)92(83)86-71(61-34-19-12-20-35-61)41-26-42-73(86)72-38-21-23-43-75(72)88(4,5)6/h9-57H,1-8H3/i9D,13D,14D,28D,29D. The number of benzene rings is 13. The van der Waals surface area contributed by atoms with Crippen molar-refractivity contribution in [1.29, 1.82) is 0 Å². The molecule has 0 fully saturated rings. The van der Waals surface area contributed by atoms with Gasteiger partial charge >= 0.3 is 0 Å². The van der Waals surface area contributed by atoms with Gasteiger partial charge < -0.3 is 9.80 Å². The molecule has 0 bridgehead atoms. The number of anilines is 6. The highest BCUT2D eigenvalue weighted by atomic mass is 15.2. The van der Waals surface area contributed by atoms with Gasteiger partial charge in [0.15, 0.2) is 0 Å². The highest BCUT2D eigenvalue weighted by Crippen LogP contribution is 2.56. The summed E-state index contributed by atoms with van der Waals surface area (Å²) in [6, 6.07) is 96.2. The Morgan fingerprint density at radius 2 is 0.826 bits per heavy atom. The Balaban J connectivity index is 1.10. The van der Waals surface area contributed by atoms with Crippen LogP contribution in [0.15, 0.2) is 297 Å². The molecule has 0 saturated heterocycles. The lowest BCUT2D eigenvalue weighted by Crippen LogP contribution is -2.61. The first-order chi connectivity index (χ1) is 46.7. The van der Waals surface area contributed by atoms with E-state index in [1.165, 1.54) is 33.4 Å². The van der Waals surface area contributed by atoms with E-state index in [0.717, 1.165) is 117 Å². The lowest BCUT2D eigenvalue weighted by molar-refractivity contribution is 0.590. The lowest BCUT2D eigenvalue weighted by Gasteiger charge is -2.45. The summed E-state index contributed by atoms with van der Waals surface area (Å²) in [6.45, 7) is 18.0. The average molecular weight is 1190 g/mol. The summed E-state index contributed by atoms with van der Waals surface area (Å²) in [5.74, 6) is 0. The maximum Gasteiger partial charge on any atom is 0.252 e. The fourth-order valence-corrected chi connectivity index (χ4v) is 15.1. The van der Waals surface area contributed by atoms with Gasteiger partial charge in [-0.1, -0.05) is 310 Å². The molecule has 442 valence electrons. The van der Waals surface area contributed by atoms with Crippen LogP contribution in [0.3, 0.4) is 0 Å². The Labute approximate surface area is 550 Å². The van der Waals surface area contributed by atoms with Crippen molar-refractivity contribution in [3.8, 4) is 89.0 Å². The van der Waals surface area contributed by atoms with Crippen LogP contribution in [0.25, 0.3) is 89.0 Å². The topological polar surface area (TPSA) is 6.48 Å². The monoisotopic (exact) mass is 1190 g/mol. The van der Waals surface area contributed by atoms with E-state index in [2.05, 4.69) is 326 Å². The zero-order valence-corrected chi connectivity index (χ0v) is 53.4. The molecule has 0 N–H and O–H groups in total. The summed E-state index contributed by atoms with van der Waals surface area (Å²) in [7, 11) is 0. The third-order valence-corrected chi connectivity index (χ3v) is 19.6. The second-order valence-electron chi connectivity index (χ2n) is 27.7. The zero-order valence-electron chi connectivity index (χ0n) is 58.4. The van der Waals surface area contributed by atoms with Crippen LogP contribution in [0.4, 0.5) is 34.1 Å². The molecule has 3 aliphatic rings. The lowest BCUT2D eigenvalue weighted by atomic mass is 9.33. The minimum Gasteiger partial charge on any atom is -0.311 e. The van der Waals surface area contributed by atoms with E-state index in [1.807, 2.05) is 6.07 Å². The molecule has 92 heavy (non-hydrogen) atoms. The van der Waals surface area contributed by atoms with Crippen molar-refractivity contribution in [2.24, 2.45) is 0 Å². The van der Waals surface area contributed by atoms with Crippen LogP contribution in [0.5, 0.6) is 0 Å². The van der Waals surface area contributed by atoms with Crippen LogP contribution in [-0.4, -0.2) is 6.71 Å². The SMILES string of the molecule is [2H]c1c([2H])c([2H])c(-c2ccc3c(c2)N(c2c(-c4ccccc4)cccc2-c2ccccc2C(C)(C)C)c2cc(-c4cccc5c4-c4ccccc4C5(C)C)cc4c2B3c2ccc(-c3cccc(C(C)(C)C)c3)cc2N4c2cc(-c3ccccc3)cc(-c3ccccc3)c2)c([2H])c1[2H]. The van der Waals surface area contributed by atoms with Crippen LogP contribution in [-0.2, 0) is 16.2 Å². The number of fused-ring (bicyclic) bond motifs is 7. The Morgan fingerprint density at radius 1 is 0.337 bits per heavy atom. The van der Waals surface area contributed by atoms with Gasteiger partial charge in [-0.25, -0.2) is 0 Å². The van der Waals surface area contributed by atoms with Crippen LogP contribution >= 0.6 is 0 Å². The smallest absolute Gasteiger partial charge is 0.252 e. The van der Waals surface area contributed by atoms with Gasteiger partial charge in [-0.05, 0) is 170 Å². The third kappa shape index (κ3) is 9.47. The second-order valence-corrected chi connectivity index (χ2v) is 27.7. The van der Waals surface area contributed by atoms with Gasteiger partial charge in [0.2, 0.25) is 0 Å². The van der Waals surface area contributed by atoms with Gasteiger partial charge in [0.05, 0.1) is 12.5 Å². The molecule has 0 atom stereocenters. The Kier molecular flexibility index (Phi) is 12.2. The highest BCUT2D eigenvalue weighted by molar-refractivity contribution is 7.00. The van der Waals surface area contributed by atoms with Crippen molar-refractivity contribution in [2.75, 3.05) is 9.80 Å². The molecule has 0 spiro atoms. The minimum atomic E-state index is -0.428. The van der Waals surface area contributed by atoms with E-state index in [0.29, 0.717) is 5.56 Å². The van der Waals surface area contributed by atoms with E-state index in [4.69, 9.17) is 4.11 Å². The summed E-state index contributed by atoms with van der Waals surface area (Å²) >= 11 is 0. The molecule has 3 heteroatoms. The molecule has 2 heterocycles. The molecule has 13 aromatic rings. The van der Waals surface area contributed by atoms with Crippen LogP contribution in [0, 0.1) is 0 Å². The van der Waals surface area contributed by atoms with E-state index in [-0.39, 0.29) is 52.7 Å². The normalized spacial score (nSPS) is 14.2. The van der Waals surface area contributed by atoms with Gasteiger partial charge in [-0.15, -0.1) is 0 Å². The first kappa shape index (κ1) is 51.3. The molecular formula is C89H73BN2. The first-order valence-corrected chi connectivity index (χ1v) is 32.3. The molecule has 0 radical (unpaired) electrons. The number of para-hydroxylation sites is 1. The summed E-state index contributed by atoms with van der Waals surface area (Å²) in [4.78, 5) is 5.06. The average Bonchev–Trinajstić information content (AvgIpc) is 0.991. The van der Waals surface area contributed by atoms with E-state index in [9.17, 15) is 2.74 Å². The Bertz CT molecular complexity index is 5270. The van der Waals surface area contributed by atoms with Gasteiger partial charge in [0.1, 0.15) is 0 Å². The van der Waals surface area contributed by atoms with Gasteiger partial charge in [-0.3, -0.25) is 0 Å². The van der Waals surface area contributed by atoms with Crippen molar-refractivity contribution in [3.63, 3.8) is 0 Å². The molecule has 13 aromatic carbocycles. The number of nitrogens with zero attached hydrogens (tertiary/aromatic N) is 2. The molecular weight excluding hydrogens is 1110 g/mol. The fraction of sp³-hybridized carbons (Fsp3) is 0.124. The molecule has 2 nitrogen and oxygen atoms in total. The predicted octanol–water partition coefficient (Wildman–Crippen LogP) is 22.3. The van der Waals surface area contributed by atoms with Gasteiger partial charge in [0, 0.05) is 45.0 Å². The highest BCUT2D eigenvalue weighted by Gasteiger charge is 2.46. The molecule has 1 aliphatic carbocycles. The van der Waals surface area contributed by atoms with Crippen molar-refractivity contribution in [1.82, 2.24) is 0 Å². The van der Waals surface area contributed by atoms with Crippen molar-refractivity contribution in [3.05, 3.63) is 319 Å². The Hall–Kier alpha value is -10.5. The van der Waals surface area contributed by atoms with E-state index < -0.39 is 6.04 Å². The maximum atomic E-state index is 9.58. The van der Waals surface area contributed by atoms with Crippen LogP contribution in [0.1, 0.15) is 84.5 Å². The number of hydrogen-bond acceptors (Lipinski definition) is 2. The van der Waals surface area contributed by atoms with Crippen LogP contribution in [0.2, 0.25) is 0 Å². The maximum absolute atomic E-state index is 9.58. The third-order valence-electron chi connectivity index (χ3n) is 19.6. The Morgan fingerprint density at radius 3 is 1.48 bits per heavy atom. The molecule has 0 amide bonds. The van der Waals surface area contributed by atoms with Crippen molar-refractivity contribution in [2.45, 2.75) is 71.6 Å². The second kappa shape index (κ2) is 21.9. The summed E-state index contributed by atoms with van der Waals surface area (Å²) in [5.41, 5.74) is 29.4. The van der Waals surface area contributed by atoms with E-state index in [1.54, 1.807) is 0 Å². The van der Waals surface area contributed by atoms with Crippen molar-refractivity contribution < 1.29 is 6.85 Å². The predicted molar refractivity (Wildman–Crippen MR) is 393 cm³/mol. The number of rotatable bonds is 9. The molecule has 0 unspecified atom stereocenters. The quantitative estimate of drug-likeness (QED) is 0.133. The van der Waals surface area contributed by atoms with E-state index >= 15 is 0 Å². The van der Waals surface area contributed by atoms with Gasteiger partial charge in [0.25, 0.3) is 6.71 Å². The largest absolute Gasteiger partial charge is 0.311 e. The van der Waals surface area contributed by atoms with Crippen molar-refractivity contribution >= 4 is 57.2 Å². The summed E-state index contributed by atoms with van der Waals surface area (Å²) in [5, 5.41) is 0. The zero-order chi connectivity index (χ0) is 67.0. The fourth-order valence-electron chi connectivity index (χ4n) is 15.1. The summed E-state index contributed by atoms with van der Waals surface area (Å²) in [6.07, 6.45) is 0. The number of hydrogen-bond donors (Lipinski definition) is 0. The minimum absolute atomic E-state index is 0.0967. The summed E-state index contributed by atoms with van der Waals surface area (Å²) < 4.78 is 46.1. The van der Waals surface area contributed by atoms with Crippen LogP contribution < -0.4 is 26.2 Å². The first-order valence-electron chi connectivity index (χ1n) is 34.8. The molecule has 2 aliphatic heterocycles.